The highest BCUT2D eigenvalue weighted by molar-refractivity contribution is 7.92. The van der Waals surface area contributed by atoms with Crippen molar-refractivity contribution in [2.45, 2.75) is 18.6 Å². The summed E-state index contributed by atoms with van der Waals surface area (Å²) >= 11 is 0. The fourth-order valence-corrected chi connectivity index (χ4v) is 1.58. The lowest BCUT2D eigenvalue weighted by atomic mass is 10.1. The molecule has 0 atom stereocenters. The number of benzene rings is 1. The van der Waals surface area contributed by atoms with Gasteiger partial charge in [-0.25, -0.2) is 8.42 Å². The first-order valence-electron chi connectivity index (χ1n) is 5.40. The molecule has 98 valence electrons. The highest BCUT2D eigenvalue weighted by Gasteiger charge is 2.29. The zero-order valence-corrected chi connectivity index (χ0v) is 11.5. The number of nitrogens with one attached hydrogen (secondary N) is 1. The number of nitrogens with zero attached hydrogens (tertiary/aromatic N) is 1. The van der Waals surface area contributed by atoms with E-state index in [1.807, 2.05) is 6.07 Å². The van der Waals surface area contributed by atoms with Crippen LogP contribution in [-0.4, -0.2) is 26.0 Å². The van der Waals surface area contributed by atoms with E-state index in [1.165, 1.54) is 6.26 Å². The van der Waals surface area contributed by atoms with E-state index < -0.39 is 14.6 Å². The molecule has 6 heteroatoms. The quantitative estimate of drug-likeness (QED) is 0.803. The first-order valence-corrected chi connectivity index (χ1v) is 7.29. The summed E-state index contributed by atoms with van der Waals surface area (Å²) in [6.45, 7) is 3.50. The minimum absolute atomic E-state index is 0.227. The van der Waals surface area contributed by atoms with Crippen molar-refractivity contribution in [3.05, 3.63) is 23.8 Å². The van der Waals surface area contributed by atoms with Crippen LogP contribution in [0.3, 0.4) is 0 Å². The number of nitriles is 1. The summed E-state index contributed by atoms with van der Waals surface area (Å²) in [5.74, 6) is 0. The maximum Gasteiger partial charge on any atom is 0.154 e. The Labute approximate surface area is 108 Å². The molecule has 0 aliphatic rings. The molecule has 0 aliphatic carbocycles. The van der Waals surface area contributed by atoms with Crippen molar-refractivity contribution in [1.82, 2.24) is 0 Å². The van der Waals surface area contributed by atoms with E-state index in [-0.39, 0.29) is 6.54 Å². The minimum Gasteiger partial charge on any atom is -0.399 e. The van der Waals surface area contributed by atoms with Crippen molar-refractivity contribution in [3.63, 3.8) is 0 Å². The molecule has 0 amide bonds. The molecule has 0 aromatic heterocycles. The average Bonchev–Trinajstić information content (AvgIpc) is 2.25. The fraction of sp³-hybridized carbons (Fsp3) is 0.417. The van der Waals surface area contributed by atoms with E-state index in [0.29, 0.717) is 16.9 Å². The van der Waals surface area contributed by atoms with E-state index in [9.17, 15) is 8.42 Å². The van der Waals surface area contributed by atoms with Crippen LogP contribution in [-0.2, 0) is 9.84 Å². The van der Waals surface area contributed by atoms with Gasteiger partial charge in [0.25, 0.3) is 0 Å². The standard InChI is InChI=1S/C12H17N3O2S/c1-12(2,18(3,16)17)8-15-11-5-4-10(14)6-9(11)7-13/h4-6,15H,8,14H2,1-3H3. The summed E-state index contributed by atoms with van der Waals surface area (Å²) in [6.07, 6.45) is 1.20. The predicted octanol–water partition coefficient (Wildman–Crippen LogP) is 1.38. The number of rotatable bonds is 4. The van der Waals surface area contributed by atoms with Crippen molar-refractivity contribution in [2.75, 3.05) is 23.9 Å². The van der Waals surface area contributed by atoms with Gasteiger partial charge in [-0.1, -0.05) is 0 Å². The van der Waals surface area contributed by atoms with Gasteiger partial charge in [-0.3, -0.25) is 0 Å². The third-order valence-corrected chi connectivity index (χ3v) is 5.02. The molecule has 5 nitrogen and oxygen atoms in total. The normalized spacial score (nSPS) is 11.9. The van der Waals surface area contributed by atoms with E-state index in [1.54, 1.807) is 32.0 Å². The Morgan fingerprint density at radius 1 is 1.44 bits per heavy atom. The maximum absolute atomic E-state index is 11.6. The van der Waals surface area contributed by atoms with E-state index >= 15 is 0 Å². The summed E-state index contributed by atoms with van der Waals surface area (Å²) in [4.78, 5) is 0. The van der Waals surface area contributed by atoms with Crippen LogP contribution in [0.15, 0.2) is 18.2 Å². The van der Waals surface area contributed by atoms with Gasteiger partial charge < -0.3 is 11.1 Å². The number of nitrogens with two attached hydrogens (primary N) is 1. The molecule has 0 unspecified atom stereocenters. The monoisotopic (exact) mass is 267 g/mol. The first-order chi connectivity index (χ1) is 8.17. The molecule has 1 aromatic rings. The lowest BCUT2D eigenvalue weighted by molar-refractivity contribution is 0.560. The van der Waals surface area contributed by atoms with Crippen LogP contribution in [0, 0.1) is 11.3 Å². The molecule has 0 radical (unpaired) electrons. The van der Waals surface area contributed by atoms with Crippen LogP contribution in [0.25, 0.3) is 0 Å². The number of anilines is 2. The van der Waals surface area contributed by atoms with Crippen LogP contribution in [0.5, 0.6) is 0 Å². The third kappa shape index (κ3) is 3.14. The van der Waals surface area contributed by atoms with Crippen LogP contribution in [0.2, 0.25) is 0 Å². The Morgan fingerprint density at radius 2 is 2.06 bits per heavy atom. The molecule has 0 heterocycles. The Balaban J connectivity index is 2.92. The second kappa shape index (κ2) is 4.86. The van der Waals surface area contributed by atoms with Gasteiger partial charge in [-0.05, 0) is 32.0 Å². The molecule has 1 aromatic carbocycles. The summed E-state index contributed by atoms with van der Waals surface area (Å²) in [7, 11) is -3.17. The van der Waals surface area contributed by atoms with Gasteiger partial charge in [0.1, 0.15) is 6.07 Å². The zero-order chi connectivity index (χ0) is 14.0. The van der Waals surface area contributed by atoms with Gasteiger partial charge in [0.15, 0.2) is 9.84 Å². The van der Waals surface area contributed by atoms with Crippen LogP contribution in [0.4, 0.5) is 11.4 Å². The van der Waals surface area contributed by atoms with E-state index in [4.69, 9.17) is 11.0 Å². The van der Waals surface area contributed by atoms with Gasteiger partial charge in [-0.15, -0.1) is 0 Å². The highest BCUT2D eigenvalue weighted by Crippen LogP contribution is 2.21. The summed E-state index contributed by atoms with van der Waals surface area (Å²) in [5, 5.41) is 11.9. The molecule has 0 aliphatic heterocycles. The van der Waals surface area contributed by atoms with E-state index in [2.05, 4.69) is 5.32 Å². The zero-order valence-electron chi connectivity index (χ0n) is 10.7. The number of sulfone groups is 1. The van der Waals surface area contributed by atoms with Gasteiger partial charge in [0, 0.05) is 18.5 Å². The van der Waals surface area contributed by atoms with Crippen LogP contribution < -0.4 is 11.1 Å². The second-order valence-corrected chi connectivity index (χ2v) is 7.45. The Morgan fingerprint density at radius 3 is 2.56 bits per heavy atom. The Kier molecular flexibility index (Phi) is 3.87. The molecular weight excluding hydrogens is 250 g/mol. The first kappa shape index (κ1) is 14.3. The smallest absolute Gasteiger partial charge is 0.154 e. The minimum atomic E-state index is -3.17. The van der Waals surface area contributed by atoms with Crippen molar-refractivity contribution in [1.29, 1.82) is 5.26 Å². The lowest BCUT2D eigenvalue weighted by Gasteiger charge is -2.23. The Bertz CT molecular complexity index is 586. The van der Waals surface area contributed by atoms with Crippen molar-refractivity contribution in [2.24, 2.45) is 0 Å². The Hall–Kier alpha value is -1.74. The lowest BCUT2D eigenvalue weighted by Crippen LogP contribution is -2.38. The fourth-order valence-electron chi connectivity index (χ4n) is 1.25. The van der Waals surface area contributed by atoms with Crippen molar-refractivity contribution < 1.29 is 8.42 Å². The van der Waals surface area contributed by atoms with Crippen LogP contribution >= 0.6 is 0 Å². The number of hydrogen-bond donors (Lipinski definition) is 2. The second-order valence-electron chi connectivity index (χ2n) is 4.80. The summed E-state index contributed by atoms with van der Waals surface area (Å²) < 4.78 is 22.2. The van der Waals surface area contributed by atoms with Crippen molar-refractivity contribution in [3.8, 4) is 6.07 Å². The number of hydrogen-bond acceptors (Lipinski definition) is 5. The van der Waals surface area contributed by atoms with Gasteiger partial charge >= 0.3 is 0 Å². The topological polar surface area (TPSA) is 96.0 Å². The molecule has 18 heavy (non-hydrogen) atoms. The molecule has 3 N–H and O–H groups in total. The predicted molar refractivity (Wildman–Crippen MR) is 73.0 cm³/mol. The van der Waals surface area contributed by atoms with Crippen molar-refractivity contribution >= 4 is 21.2 Å². The van der Waals surface area contributed by atoms with E-state index in [0.717, 1.165) is 0 Å². The SMILES string of the molecule is CC(C)(CNc1ccc(N)cc1C#N)S(C)(=O)=O. The molecular formula is C12H17N3O2S. The molecule has 0 saturated heterocycles. The maximum atomic E-state index is 11.6. The average molecular weight is 267 g/mol. The van der Waals surface area contributed by atoms with Gasteiger partial charge in [0.05, 0.1) is 16.0 Å². The molecule has 0 saturated carbocycles. The summed E-state index contributed by atoms with van der Waals surface area (Å²) in [6, 6.07) is 6.91. The number of nitrogen functional groups attached to an aromatic ring is 1. The van der Waals surface area contributed by atoms with Gasteiger partial charge in [-0.2, -0.15) is 5.26 Å². The largest absolute Gasteiger partial charge is 0.399 e. The highest BCUT2D eigenvalue weighted by atomic mass is 32.2. The van der Waals surface area contributed by atoms with Crippen LogP contribution in [0.1, 0.15) is 19.4 Å². The molecule has 1 rings (SSSR count). The molecule has 0 fully saturated rings. The third-order valence-electron chi connectivity index (χ3n) is 2.87. The molecule has 0 bridgehead atoms. The molecule has 0 spiro atoms. The summed E-state index contributed by atoms with van der Waals surface area (Å²) in [5.41, 5.74) is 7.07. The van der Waals surface area contributed by atoms with Gasteiger partial charge in [0.2, 0.25) is 0 Å².